The molecule has 0 saturated carbocycles. The van der Waals surface area contributed by atoms with E-state index < -0.39 is 0 Å². The van der Waals surface area contributed by atoms with E-state index in [-0.39, 0.29) is 11.2 Å². The van der Waals surface area contributed by atoms with Crippen LogP contribution in [0, 0.1) is 0 Å². The van der Waals surface area contributed by atoms with E-state index in [1.165, 1.54) is 4.90 Å². The zero-order chi connectivity index (χ0) is 15.7. The Balaban J connectivity index is 1.81. The van der Waals surface area contributed by atoms with Crippen LogP contribution < -0.4 is 0 Å². The predicted octanol–water partition coefficient (Wildman–Crippen LogP) is 2.91. The zero-order valence-electron chi connectivity index (χ0n) is 13.6. The van der Waals surface area contributed by atoms with Crippen LogP contribution in [-0.2, 0) is 4.79 Å². The van der Waals surface area contributed by atoms with Gasteiger partial charge in [0.25, 0.3) is 0 Å². The van der Waals surface area contributed by atoms with Gasteiger partial charge < -0.3 is 4.48 Å². The minimum atomic E-state index is 0.199. The highest BCUT2D eigenvalue weighted by atomic mass is 32.2. The molecular formula is C17H24N3OS+. The number of rotatable bonds is 5. The van der Waals surface area contributed by atoms with Gasteiger partial charge in [0.2, 0.25) is 5.91 Å². The molecule has 1 unspecified atom stereocenters. The minimum Gasteiger partial charge on any atom is -0.325 e. The van der Waals surface area contributed by atoms with Crippen molar-refractivity contribution in [2.75, 3.05) is 33.2 Å². The van der Waals surface area contributed by atoms with Crippen LogP contribution in [-0.4, -0.2) is 59.6 Å². The maximum absolute atomic E-state index is 12.4. The number of amidine groups is 1. The number of hydrogen-bond acceptors (Lipinski definition) is 3. The molecule has 22 heavy (non-hydrogen) atoms. The molecule has 0 bridgehead atoms. The molecule has 0 aromatic heterocycles. The lowest BCUT2D eigenvalue weighted by molar-refractivity contribution is -0.905. The first-order chi connectivity index (χ1) is 10.6. The first-order valence-corrected chi connectivity index (χ1v) is 8.92. The highest BCUT2D eigenvalue weighted by molar-refractivity contribution is 8.01. The molecule has 0 spiro atoms. The summed E-state index contributed by atoms with van der Waals surface area (Å²) in [5.41, 5.74) is 1.00. The van der Waals surface area contributed by atoms with Crippen molar-refractivity contribution in [1.82, 2.24) is 4.90 Å². The number of carbonyl (C=O) groups excluding carboxylic acids is 1. The fourth-order valence-corrected chi connectivity index (χ4v) is 4.14. The van der Waals surface area contributed by atoms with Gasteiger partial charge in [0.1, 0.15) is 5.84 Å². The molecule has 3 rings (SSSR count). The van der Waals surface area contributed by atoms with E-state index in [1.807, 2.05) is 23.1 Å². The Bertz CT molecular complexity index is 610. The summed E-state index contributed by atoms with van der Waals surface area (Å²) in [7, 11) is 2.25. The second-order valence-electron chi connectivity index (χ2n) is 6.27. The summed E-state index contributed by atoms with van der Waals surface area (Å²) in [6, 6.07) is 8.17. The molecule has 4 nitrogen and oxygen atoms in total. The maximum Gasteiger partial charge on any atom is 0.229 e. The van der Waals surface area contributed by atoms with Gasteiger partial charge in [0.05, 0.1) is 44.2 Å². The molecule has 1 saturated heterocycles. The van der Waals surface area contributed by atoms with Crippen LogP contribution in [0.1, 0.15) is 20.3 Å². The topological polar surface area (TPSA) is 32.7 Å². The van der Waals surface area contributed by atoms with Crippen molar-refractivity contribution in [2.45, 2.75) is 30.4 Å². The SMILES string of the molecule is CC[N+](C)(CC)CCN1C(=O)CC2Sc3ccccc3N=C21. The number of para-hydroxylation sites is 1. The van der Waals surface area contributed by atoms with Crippen molar-refractivity contribution in [3.05, 3.63) is 24.3 Å². The molecule has 1 atom stereocenters. The number of thioether (sulfide) groups is 1. The van der Waals surface area contributed by atoms with Crippen molar-refractivity contribution in [1.29, 1.82) is 0 Å². The largest absolute Gasteiger partial charge is 0.325 e. The number of nitrogens with zero attached hydrogens (tertiary/aromatic N) is 3. The molecule has 1 amide bonds. The number of aliphatic imine (C=N–C) groups is 1. The van der Waals surface area contributed by atoms with Gasteiger partial charge in [0.15, 0.2) is 0 Å². The molecule has 2 heterocycles. The van der Waals surface area contributed by atoms with E-state index in [2.05, 4.69) is 27.0 Å². The number of quaternary nitrogens is 1. The Morgan fingerprint density at radius 2 is 2.05 bits per heavy atom. The normalized spacial score (nSPS) is 20.7. The Morgan fingerprint density at radius 3 is 2.77 bits per heavy atom. The van der Waals surface area contributed by atoms with Gasteiger partial charge in [-0.15, -0.1) is 11.8 Å². The van der Waals surface area contributed by atoms with Crippen LogP contribution >= 0.6 is 11.8 Å². The molecule has 118 valence electrons. The molecular weight excluding hydrogens is 294 g/mol. The third-order valence-corrected chi connectivity index (χ3v) is 6.25. The highest BCUT2D eigenvalue weighted by Gasteiger charge is 2.40. The average Bonchev–Trinajstić information content (AvgIpc) is 2.84. The number of benzene rings is 1. The van der Waals surface area contributed by atoms with Crippen molar-refractivity contribution in [3.63, 3.8) is 0 Å². The Labute approximate surface area is 136 Å². The molecule has 0 radical (unpaired) electrons. The van der Waals surface area contributed by atoms with Crippen molar-refractivity contribution >= 4 is 29.2 Å². The number of fused-ring (bicyclic) bond motifs is 2. The van der Waals surface area contributed by atoms with Crippen LogP contribution in [0.15, 0.2) is 34.2 Å². The first kappa shape index (κ1) is 15.6. The number of hydrogen-bond donors (Lipinski definition) is 0. The van der Waals surface area contributed by atoms with Crippen molar-refractivity contribution in [3.8, 4) is 0 Å². The van der Waals surface area contributed by atoms with E-state index in [4.69, 9.17) is 4.99 Å². The van der Waals surface area contributed by atoms with Gasteiger partial charge in [-0.25, -0.2) is 4.99 Å². The van der Waals surface area contributed by atoms with Crippen LogP contribution in [0.4, 0.5) is 5.69 Å². The summed E-state index contributed by atoms with van der Waals surface area (Å²) in [4.78, 5) is 20.3. The Kier molecular flexibility index (Phi) is 4.28. The second-order valence-corrected chi connectivity index (χ2v) is 7.51. The molecule has 1 aromatic carbocycles. The molecule has 2 aliphatic heterocycles. The standard InChI is InChI=1S/C17H24N3OS/c1-4-20(3,5-2)11-10-19-16(21)12-15-17(19)18-13-8-6-7-9-14(13)22-15/h6-9,15H,4-5,10-12H2,1-3H3/q+1. The van der Waals surface area contributed by atoms with Crippen LogP contribution in [0.3, 0.4) is 0 Å². The summed E-state index contributed by atoms with van der Waals surface area (Å²) >= 11 is 1.78. The van der Waals surface area contributed by atoms with Gasteiger partial charge in [-0.05, 0) is 26.0 Å². The first-order valence-electron chi connectivity index (χ1n) is 8.04. The molecule has 0 N–H and O–H groups in total. The highest BCUT2D eigenvalue weighted by Crippen LogP contribution is 2.42. The summed E-state index contributed by atoms with van der Waals surface area (Å²) in [5.74, 6) is 1.19. The van der Waals surface area contributed by atoms with E-state index in [0.717, 1.165) is 42.2 Å². The van der Waals surface area contributed by atoms with Crippen LogP contribution in [0.5, 0.6) is 0 Å². The number of amides is 1. The average molecular weight is 318 g/mol. The van der Waals surface area contributed by atoms with Gasteiger partial charge in [0, 0.05) is 11.3 Å². The summed E-state index contributed by atoms with van der Waals surface area (Å²) in [5, 5.41) is 0.199. The molecule has 2 aliphatic rings. The smallest absolute Gasteiger partial charge is 0.229 e. The lowest BCUT2D eigenvalue weighted by atomic mass is 10.3. The van der Waals surface area contributed by atoms with E-state index in [1.54, 1.807) is 11.8 Å². The summed E-state index contributed by atoms with van der Waals surface area (Å²) in [6.07, 6.45) is 0.583. The van der Waals surface area contributed by atoms with Gasteiger partial charge in [-0.1, -0.05) is 12.1 Å². The second kappa shape index (κ2) is 6.05. The molecule has 1 fully saturated rings. The molecule has 5 heteroatoms. The summed E-state index contributed by atoms with van der Waals surface area (Å²) < 4.78 is 0.992. The van der Waals surface area contributed by atoms with Crippen molar-refractivity contribution in [2.24, 2.45) is 4.99 Å². The van der Waals surface area contributed by atoms with Gasteiger partial charge in [-0.2, -0.15) is 0 Å². The number of likely N-dealkylation sites (N-methyl/N-ethyl adjacent to an activating group) is 1. The van der Waals surface area contributed by atoms with Gasteiger partial charge >= 0.3 is 0 Å². The van der Waals surface area contributed by atoms with Crippen LogP contribution in [0.25, 0.3) is 0 Å². The Hall–Kier alpha value is -1.33. The molecule has 1 aromatic rings. The third-order valence-electron chi connectivity index (χ3n) is 4.99. The number of likely N-dealkylation sites (tertiary alicyclic amines) is 1. The van der Waals surface area contributed by atoms with Crippen LogP contribution in [0.2, 0.25) is 0 Å². The van der Waals surface area contributed by atoms with Gasteiger partial charge in [-0.3, -0.25) is 9.69 Å². The Morgan fingerprint density at radius 1 is 1.32 bits per heavy atom. The third kappa shape index (κ3) is 2.79. The van der Waals surface area contributed by atoms with E-state index in [9.17, 15) is 4.79 Å². The fourth-order valence-electron chi connectivity index (χ4n) is 2.93. The lowest BCUT2D eigenvalue weighted by Crippen LogP contribution is -2.49. The van der Waals surface area contributed by atoms with E-state index in [0.29, 0.717) is 6.42 Å². The number of carbonyl (C=O) groups is 1. The lowest BCUT2D eigenvalue weighted by Gasteiger charge is -2.34. The quantitative estimate of drug-likeness (QED) is 0.782. The minimum absolute atomic E-state index is 0.199. The zero-order valence-corrected chi connectivity index (χ0v) is 14.4. The predicted molar refractivity (Wildman–Crippen MR) is 91.6 cm³/mol. The maximum atomic E-state index is 12.4. The van der Waals surface area contributed by atoms with E-state index >= 15 is 0 Å². The summed E-state index contributed by atoms with van der Waals surface area (Å²) in [6.45, 7) is 8.36. The molecule has 0 aliphatic carbocycles. The monoisotopic (exact) mass is 318 g/mol. The van der Waals surface area contributed by atoms with Crippen molar-refractivity contribution < 1.29 is 9.28 Å². The fraction of sp³-hybridized carbons (Fsp3) is 0.529.